The highest BCUT2D eigenvalue weighted by Gasteiger charge is 2.03. The molecule has 1 aromatic heterocycles. The molecule has 0 aliphatic rings. The molecule has 0 saturated heterocycles. The topological polar surface area (TPSA) is 28.2 Å². The van der Waals surface area contributed by atoms with E-state index in [0.717, 1.165) is 12.4 Å². The summed E-state index contributed by atoms with van der Waals surface area (Å²) in [5.41, 5.74) is 0. The van der Waals surface area contributed by atoms with Crippen LogP contribution in [0.15, 0.2) is 18.2 Å². The van der Waals surface area contributed by atoms with Crippen LogP contribution >= 0.6 is 11.6 Å². The van der Waals surface area contributed by atoms with Crippen LogP contribution < -0.4 is 5.32 Å². The van der Waals surface area contributed by atoms with E-state index in [4.69, 9.17) is 11.6 Å². The number of anilines is 1. The SMILES string of the molecule is CC(CNc1cccc(Cl)n1)N(C)C. The fourth-order valence-electron chi connectivity index (χ4n) is 0.942. The van der Waals surface area contributed by atoms with Crippen LogP contribution in [-0.4, -0.2) is 36.6 Å². The van der Waals surface area contributed by atoms with E-state index >= 15 is 0 Å². The summed E-state index contributed by atoms with van der Waals surface area (Å²) in [5, 5.41) is 3.75. The molecule has 0 aliphatic carbocycles. The number of rotatable bonds is 4. The maximum atomic E-state index is 5.76. The van der Waals surface area contributed by atoms with Crippen molar-refractivity contribution in [3.63, 3.8) is 0 Å². The van der Waals surface area contributed by atoms with Crippen LogP contribution in [0.3, 0.4) is 0 Å². The quantitative estimate of drug-likeness (QED) is 0.777. The molecule has 0 radical (unpaired) electrons. The van der Waals surface area contributed by atoms with E-state index in [1.165, 1.54) is 0 Å². The second-order valence-electron chi connectivity index (χ2n) is 3.54. The lowest BCUT2D eigenvalue weighted by atomic mass is 10.3. The van der Waals surface area contributed by atoms with E-state index in [-0.39, 0.29) is 0 Å². The van der Waals surface area contributed by atoms with Crippen LogP contribution in [0.5, 0.6) is 0 Å². The first-order valence-electron chi connectivity index (χ1n) is 4.62. The highest BCUT2D eigenvalue weighted by atomic mass is 35.5. The van der Waals surface area contributed by atoms with Gasteiger partial charge in [0, 0.05) is 12.6 Å². The lowest BCUT2D eigenvalue weighted by Crippen LogP contribution is -2.31. The van der Waals surface area contributed by atoms with Crippen molar-refractivity contribution < 1.29 is 0 Å². The van der Waals surface area contributed by atoms with Crippen molar-refractivity contribution in [2.45, 2.75) is 13.0 Å². The lowest BCUT2D eigenvalue weighted by molar-refractivity contribution is 0.326. The van der Waals surface area contributed by atoms with E-state index in [1.54, 1.807) is 6.07 Å². The Morgan fingerprint density at radius 2 is 2.21 bits per heavy atom. The molecule has 1 rings (SSSR count). The molecule has 1 heterocycles. The Bertz CT molecular complexity index is 288. The van der Waals surface area contributed by atoms with Gasteiger partial charge < -0.3 is 10.2 Å². The first kappa shape index (κ1) is 11.3. The number of likely N-dealkylation sites (N-methyl/N-ethyl adjacent to an activating group) is 1. The first-order valence-corrected chi connectivity index (χ1v) is 5.00. The summed E-state index contributed by atoms with van der Waals surface area (Å²) >= 11 is 5.76. The Hall–Kier alpha value is -0.800. The Morgan fingerprint density at radius 3 is 2.79 bits per heavy atom. The molecule has 0 saturated carbocycles. The van der Waals surface area contributed by atoms with Crippen LogP contribution in [0.4, 0.5) is 5.82 Å². The average molecular weight is 214 g/mol. The second kappa shape index (κ2) is 5.17. The Kier molecular flexibility index (Phi) is 4.17. The summed E-state index contributed by atoms with van der Waals surface area (Å²) in [5.74, 6) is 0.825. The molecule has 0 bridgehead atoms. The summed E-state index contributed by atoms with van der Waals surface area (Å²) < 4.78 is 0. The summed E-state index contributed by atoms with van der Waals surface area (Å²) in [6.45, 7) is 3.01. The Balaban J connectivity index is 2.45. The Morgan fingerprint density at radius 1 is 1.50 bits per heavy atom. The van der Waals surface area contributed by atoms with Crippen molar-refractivity contribution in [2.24, 2.45) is 0 Å². The van der Waals surface area contributed by atoms with Gasteiger partial charge in [-0.2, -0.15) is 0 Å². The van der Waals surface area contributed by atoms with Gasteiger partial charge in [-0.25, -0.2) is 4.98 Å². The zero-order valence-electron chi connectivity index (χ0n) is 8.79. The first-order chi connectivity index (χ1) is 6.59. The standard InChI is InChI=1S/C10H16ClN3/c1-8(14(2)3)7-12-10-6-4-5-9(11)13-10/h4-6,8H,7H2,1-3H3,(H,12,13). The van der Waals surface area contributed by atoms with Gasteiger partial charge in [-0.15, -0.1) is 0 Å². The van der Waals surface area contributed by atoms with Crippen molar-refractivity contribution in [2.75, 3.05) is 26.0 Å². The summed E-state index contributed by atoms with van der Waals surface area (Å²) in [4.78, 5) is 6.29. The number of nitrogens with one attached hydrogen (secondary N) is 1. The number of halogens is 1. The van der Waals surface area contributed by atoms with Crippen molar-refractivity contribution >= 4 is 17.4 Å². The molecule has 14 heavy (non-hydrogen) atoms. The number of hydrogen-bond acceptors (Lipinski definition) is 3. The number of nitrogens with zero attached hydrogens (tertiary/aromatic N) is 2. The van der Waals surface area contributed by atoms with Gasteiger partial charge in [0.25, 0.3) is 0 Å². The molecule has 0 aliphatic heterocycles. The Labute approximate surface area is 90.1 Å². The third-order valence-corrected chi connectivity index (χ3v) is 2.39. The lowest BCUT2D eigenvalue weighted by Gasteiger charge is -2.20. The summed E-state index contributed by atoms with van der Waals surface area (Å²) in [6, 6.07) is 6.03. The van der Waals surface area contributed by atoms with Gasteiger partial charge in [0.1, 0.15) is 11.0 Å². The van der Waals surface area contributed by atoms with Crippen LogP contribution in [0.25, 0.3) is 0 Å². The monoisotopic (exact) mass is 213 g/mol. The molecule has 1 N–H and O–H groups in total. The highest BCUT2D eigenvalue weighted by molar-refractivity contribution is 6.29. The summed E-state index contributed by atoms with van der Waals surface area (Å²) in [6.07, 6.45) is 0. The van der Waals surface area contributed by atoms with Gasteiger partial charge in [-0.1, -0.05) is 17.7 Å². The predicted octanol–water partition coefficient (Wildman–Crippen LogP) is 2.10. The molecule has 78 valence electrons. The van der Waals surface area contributed by atoms with Crippen molar-refractivity contribution in [3.05, 3.63) is 23.4 Å². The minimum Gasteiger partial charge on any atom is -0.368 e. The van der Waals surface area contributed by atoms with E-state index in [1.807, 2.05) is 12.1 Å². The molecule has 0 aromatic carbocycles. The molecule has 3 nitrogen and oxygen atoms in total. The maximum Gasteiger partial charge on any atom is 0.131 e. The van der Waals surface area contributed by atoms with Gasteiger partial charge in [0.15, 0.2) is 0 Å². The molecule has 0 amide bonds. The molecule has 4 heteroatoms. The third-order valence-electron chi connectivity index (χ3n) is 2.18. The smallest absolute Gasteiger partial charge is 0.131 e. The van der Waals surface area contributed by atoms with Gasteiger partial charge in [-0.3, -0.25) is 0 Å². The molecule has 1 atom stereocenters. The zero-order valence-corrected chi connectivity index (χ0v) is 9.54. The minimum absolute atomic E-state index is 0.468. The van der Waals surface area contributed by atoms with Crippen LogP contribution in [0, 0.1) is 0 Å². The molecule has 1 aromatic rings. The van der Waals surface area contributed by atoms with Crippen LogP contribution in [0.2, 0.25) is 5.15 Å². The fourth-order valence-corrected chi connectivity index (χ4v) is 1.11. The van der Waals surface area contributed by atoms with Crippen LogP contribution in [-0.2, 0) is 0 Å². The molecule has 0 fully saturated rings. The van der Waals surface area contributed by atoms with Gasteiger partial charge >= 0.3 is 0 Å². The largest absolute Gasteiger partial charge is 0.368 e. The fraction of sp³-hybridized carbons (Fsp3) is 0.500. The van der Waals surface area contributed by atoms with E-state index in [0.29, 0.717) is 11.2 Å². The minimum atomic E-state index is 0.468. The number of pyridine rings is 1. The molecule has 0 spiro atoms. The van der Waals surface area contributed by atoms with E-state index < -0.39 is 0 Å². The molecular formula is C10H16ClN3. The number of aromatic nitrogens is 1. The van der Waals surface area contributed by atoms with E-state index in [2.05, 4.69) is 36.2 Å². The van der Waals surface area contributed by atoms with Gasteiger partial charge in [-0.05, 0) is 33.2 Å². The van der Waals surface area contributed by atoms with E-state index in [9.17, 15) is 0 Å². The second-order valence-corrected chi connectivity index (χ2v) is 3.93. The maximum absolute atomic E-state index is 5.76. The van der Waals surface area contributed by atoms with Crippen molar-refractivity contribution in [1.82, 2.24) is 9.88 Å². The third kappa shape index (κ3) is 3.52. The van der Waals surface area contributed by atoms with Crippen molar-refractivity contribution in [1.29, 1.82) is 0 Å². The van der Waals surface area contributed by atoms with Gasteiger partial charge in [0.2, 0.25) is 0 Å². The normalized spacial score (nSPS) is 12.9. The molecule has 1 unspecified atom stereocenters. The number of hydrogen-bond donors (Lipinski definition) is 1. The van der Waals surface area contributed by atoms with Gasteiger partial charge in [0.05, 0.1) is 0 Å². The predicted molar refractivity (Wildman–Crippen MR) is 60.9 cm³/mol. The van der Waals surface area contributed by atoms with Crippen LogP contribution in [0.1, 0.15) is 6.92 Å². The van der Waals surface area contributed by atoms with Crippen molar-refractivity contribution in [3.8, 4) is 0 Å². The molecular weight excluding hydrogens is 198 g/mol. The average Bonchev–Trinajstić information content (AvgIpc) is 2.14. The zero-order chi connectivity index (χ0) is 10.6. The highest BCUT2D eigenvalue weighted by Crippen LogP contribution is 2.09. The summed E-state index contributed by atoms with van der Waals surface area (Å²) in [7, 11) is 4.11.